The number of nitrogens with one attached hydrogen (secondary N) is 3. The molecule has 1 aromatic heterocycles. The van der Waals surface area contributed by atoms with Gasteiger partial charge < -0.3 is 10.3 Å². The number of rotatable bonds is 8. The number of aromatic amines is 1. The molecule has 112 valence electrons. The van der Waals surface area contributed by atoms with Gasteiger partial charge in [0.05, 0.1) is 4.90 Å². The predicted molar refractivity (Wildman–Crippen MR) is 77.7 cm³/mol. The first kappa shape index (κ1) is 14.1. The summed E-state index contributed by atoms with van der Waals surface area (Å²) in [4.78, 5) is 3.39. The molecule has 0 unspecified atom stereocenters. The molecule has 2 fully saturated rings. The standard InChI is InChI=1S/C14H23N3O2S/c1-2-15-8-12-7-13(9-16-12)20(18,19)17-14(10-3-4-10)11-5-6-11/h7,9-11,14-17H,2-6,8H2,1H3. The van der Waals surface area contributed by atoms with Gasteiger partial charge in [0.25, 0.3) is 0 Å². The van der Waals surface area contributed by atoms with Gasteiger partial charge in [-0.25, -0.2) is 13.1 Å². The average Bonchev–Trinajstić information content (AvgIpc) is 3.32. The predicted octanol–water partition coefficient (Wildman–Crippen LogP) is 1.59. The van der Waals surface area contributed by atoms with Crippen LogP contribution in [0.2, 0.25) is 0 Å². The van der Waals surface area contributed by atoms with Crippen LogP contribution in [-0.2, 0) is 16.6 Å². The van der Waals surface area contributed by atoms with Crippen LogP contribution in [0.25, 0.3) is 0 Å². The summed E-state index contributed by atoms with van der Waals surface area (Å²) in [6, 6.07) is 1.88. The van der Waals surface area contributed by atoms with Gasteiger partial charge in [-0.2, -0.15) is 0 Å². The minimum absolute atomic E-state index is 0.159. The molecule has 0 bridgehead atoms. The first-order valence-electron chi connectivity index (χ1n) is 7.50. The van der Waals surface area contributed by atoms with Crippen molar-refractivity contribution < 1.29 is 8.42 Å². The van der Waals surface area contributed by atoms with E-state index >= 15 is 0 Å². The van der Waals surface area contributed by atoms with Crippen LogP contribution >= 0.6 is 0 Å². The molecular formula is C14H23N3O2S. The van der Waals surface area contributed by atoms with Crippen molar-refractivity contribution in [1.29, 1.82) is 0 Å². The summed E-state index contributed by atoms with van der Waals surface area (Å²) in [5.41, 5.74) is 0.904. The molecule has 0 saturated heterocycles. The van der Waals surface area contributed by atoms with E-state index in [1.54, 1.807) is 12.3 Å². The molecule has 0 atom stereocenters. The third-order valence-corrected chi connectivity index (χ3v) is 5.58. The summed E-state index contributed by atoms with van der Waals surface area (Å²) in [6.45, 7) is 3.56. The van der Waals surface area contributed by atoms with Crippen LogP contribution in [0.5, 0.6) is 0 Å². The van der Waals surface area contributed by atoms with Crippen molar-refractivity contribution in [1.82, 2.24) is 15.0 Å². The summed E-state index contributed by atoms with van der Waals surface area (Å²) in [7, 11) is -3.38. The topological polar surface area (TPSA) is 74.0 Å². The zero-order chi connectivity index (χ0) is 14.2. The van der Waals surface area contributed by atoms with Crippen molar-refractivity contribution in [2.24, 2.45) is 11.8 Å². The third-order valence-electron chi connectivity index (χ3n) is 4.14. The smallest absolute Gasteiger partial charge is 0.242 e. The normalized spacial score (nSPS) is 19.7. The fourth-order valence-corrected chi connectivity index (χ4v) is 4.06. The van der Waals surface area contributed by atoms with Crippen molar-refractivity contribution in [3.05, 3.63) is 18.0 Å². The Morgan fingerprint density at radius 1 is 1.30 bits per heavy atom. The summed E-state index contributed by atoms with van der Waals surface area (Å²) in [6.07, 6.45) is 6.27. The van der Waals surface area contributed by atoms with Gasteiger partial charge in [0.2, 0.25) is 10.0 Å². The first-order chi connectivity index (χ1) is 9.60. The maximum Gasteiger partial charge on any atom is 0.242 e. The maximum absolute atomic E-state index is 12.4. The van der Waals surface area contributed by atoms with Gasteiger partial charge in [0.15, 0.2) is 0 Å². The summed E-state index contributed by atoms with van der Waals surface area (Å²) < 4.78 is 27.8. The molecule has 3 N–H and O–H groups in total. The van der Waals surface area contributed by atoms with E-state index in [-0.39, 0.29) is 6.04 Å². The molecule has 1 heterocycles. The summed E-state index contributed by atoms with van der Waals surface area (Å²) >= 11 is 0. The van der Waals surface area contributed by atoms with Crippen LogP contribution in [0.15, 0.2) is 17.2 Å². The van der Waals surface area contributed by atoms with Gasteiger partial charge in [-0.3, -0.25) is 0 Å². The lowest BCUT2D eigenvalue weighted by molar-refractivity contribution is 0.471. The molecular weight excluding hydrogens is 274 g/mol. The highest BCUT2D eigenvalue weighted by Gasteiger charge is 2.43. The Morgan fingerprint density at radius 3 is 2.50 bits per heavy atom. The van der Waals surface area contributed by atoms with E-state index in [9.17, 15) is 8.42 Å². The van der Waals surface area contributed by atoms with Crippen LogP contribution < -0.4 is 10.0 Å². The zero-order valence-corrected chi connectivity index (χ0v) is 12.7. The van der Waals surface area contributed by atoms with Crippen LogP contribution in [0.4, 0.5) is 0 Å². The second-order valence-corrected chi connectivity index (χ2v) is 7.68. The number of hydrogen-bond donors (Lipinski definition) is 3. The highest BCUT2D eigenvalue weighted by atomic mass is 32.2. The maximum atomic E-state index is 12.4. The molecule has 0 aliphatic heterocycles. The van der Waals surface area contributed by atoms with Gasteiger partial charge in [-0.1, -0.05) is 6.92 Å². The SMILES string of the molecule is CCNCc1cc(S(=O)(=O)NC(C2CC2)C2CC2)c[nH]1. The lowest BCUT2D eigenvalue weighted by atomic mass is 10.1. The van der Waals surface area contributed by atoms with E-state index in [2.05, 4.69) is 15.0 Å². The first-order valence-corrected chi connectivity index (χ1v) is 8.99. The molecule has 2 aliphatic rings. The molecule has 20 heavy (non-hydrogen) atoms. The number of sulfonamides is 1. The van der Waals surface area contributed by atoms with E-state index in [1.165, 1.54) is 25.7 Å². The third kappa shape index (κ3) is 3.24. The average molecular weight is 297 g/mol. The molecule has 2 aliphatic carbocycles. The highest BCUT2D eigenvalue weighted by Crippen LogP contribution is 2.45. The molecule has 2 saturated carbocycles. The highest BCUT2D eigenvalue weighted by molar-refractivity contribution is 7.89. The summed E-state index contributed by atoms with van der Waals surface area (Å²) in [5.74, 6) is 1.13. The van der Waals surface area contributed by atoms with Crippen molar-refractivity contribution in [3.8, 4) is 0 Å². The monoisotopic (exact) mass is 297 g/mol. The largest absolute Gasteiger partial charge is 0.363 e. The van der Waals surface area contributed by atoms with E-state index in [0.717, 1.165) is 12.2 Å². The van der Waals surface area contributed by atoms with E-state index < -0.39 is 10.0 Å². The minimum Gasteiger partial charge on any atom is -0.363 e. The fraction of sp³-hybridized carbons (Fsp3) is 0.714. The van der Waals surface area contributed by atoms with Crippen LogP contribution in [-0.4, -0.2) is 26.0 Å². The van der Waals surface area contributed by atoms with Crippen LogP contribution in [0, 0.1) is 11.8 Å². The Kier molecular flexibility index (Phi) is 3.88. The Labute approximate surface area is 120 Å². The van der Waals surface area contributed by atoms with E-state index in [1.807, 2.05) is 6.92 Å². The molecule has 1 aromatic rings. The summed E-state index contributed by atoms with van der Waals surface area (Å²) in [5, 5.41) is 3.18. The van der Waals surface area contributed by atoms with Gasteiger partial charge in [0, 0.05) is 24.5 Å². The minimum atomic E-state index is -3.38. The van der Waals surface area contributed by atoms with E-state index in [4.69, 9.17) is 0 Å². The zero-order valence-electron chi connectivity index (χ0n) is 11.9. The van der Waals surface area contributed by atoms with Crippen molar-refractivity contribution in [2.45, 2.75) is 50.1 Å². The van der Waals surface area contributed by atoms with Crippen LogP contribution in [0.1, 0.15) is 38.3 Å². The lowest BCUT2D eigenvalue weighted by Gasteiger charge is -2.16. The number of hydrogen-bond acceptors (Lipinski definition) is 3. The Morgan fingerprint density at radius 2 is 1.95 bits per heavy atom. The number of H-pyrrole nitrogens is 1. The van der Waals surface area contributed by atoms with Gasteiger partial charge in [0.1, 0.15) is 0 Å². The van der Waals surface area contributed by atoms with Gasteiger partial charge in [-0.15, -0.1) is 0 Å². The Balaban J connectivity index is 1.68. The molecule has 0 radical (unpaired) electrons. The van der Waals surface area contributed by atoms with Crippen molar-refractivity contribution in [3.63, 3.8) is 0 Å². The van der Waals surface area contributed by atoms with Crippen LogP contribution in [0.3, 0.4) is 0 Å². The quantitative estimate of drug-likeness (QED) is 0.682. The molecule has 5 nitrogen and oxygen atoms in total. The molecule has 3 rings (SSSR count). The van der Waals surface area contributed by atoms with Crippen molar-refractivity contribution >= 4 is 10.0 Å². The molecule has 0 spiro atoms. The fourth-order valence-electron chi connectivity index (χ4n) is 2.67. The molecule has 0 aromatic carbocycles. The second kappa shape index (κ2) is 5.50. The number of aromatic nitrogens is 1. The van der Waals surface area contributed by atoms with Crippen molar-refractivity contribution in [2.75, 3.05) is 6.54 Å². The molecule has 0 amide bonds. The Bertz CT molecular complexity index is 547. The van der Waals surface area contributed by atoms with Gasteiger partial charge >= 0.3 is 0 Å². The molecule has 6 heteroatoms. The van der Waals surface area contributed by atoms with Gasteiger partial charge in [-0.05, 0) is 50.1 Å². The lowest BCUT2D eigenvalue weighted by Crippen LogP contribution is -2.37. The Hall–Kier alpha value is -0.850. The van der Waals surface area contributed by atoms with E-state index in [0.29, 0.717) is 23.3 Å². The second-order valence-electron chi connectivity index (χ2n) is 5.96.